The lowest BCUT2D eigenvalue weighted by molar-refractivity contribution is -0.216. The molecule has 0 fully saturated rings. The smallest absolute Gasteiger partial charge is 0.367 e. The van der Waals surface area contributed by atoms with Crippen molar-refractivity contribution in [1.82, 2.24) is 14.8 Å². The van der Waals surface area contributed by atoms with Crippen LogP contribution < -0.4 is 0 Å². The first-order valence-corrected chi connectivity index (χ1v) is 5.46. The summed E-state index contributed by atoms with van der Waals surface area (Å²) in [5.41, 5.74) is 1.28. The van der Waals surface area contributed by atoms with Crippen molar-refractivity contribution in [2.45, 2.75) is 12.3 Å². The van der Waals surface area contributed by atoms with Crippen molar-refractivity contribution in [2.75, 3.05) is 7.11 Å². The summed E-state index contributed by atoms with van der Waals surface area (Å²) in [6, 6.07) is 2.88. The topological polar surface area (TPSA) is 39.9 Å². The van der Waals surface area contributed by atoms with E-state index in [1.807, 2.05) is 0 Å². The van der Waals surface area contributed by atoms with Gasteiger partial charge in [0.05, 0.1) is 11.9 Å². The maximum atomic E-state index is 12.7. The molecule has 1 atom stereocenters. The molecule has 0 saturated heterocycles. The maximum absolute atomic E-state index is 12.7. The minimum absolute atomic E-state index is 0.0253. The molecule has 102 valence electrons. The Balaban J connectivity index is 2.28. The van der Waals surface area contributed by atoms with Gasteiger partial charge in [0.1, 0.15) is 0 Å². The summed E-state index contributed by atoms with van der Waals surface area (Å²) in [5, 5.41) is 3.98. The van der Waals surface area contributed by atoms with E-state index in [1.54, 1.807) is 24.1 Å². The van der Waals surface area contributed by atoms with Gasteiger partial charge in [-0.15, -0.1) is 0 Å². The Kier molecular flexibility index (Phi) is 3.57. The molecule has 0 spiro atoms. The molecule has 0 aliphatic carbocycles. The third kappa shape index (κ3) is 2.93. The Morgan fingerprint density at radius 2 is 2.00 bits per heavy atom. The van der Waals surface area contributed by atoms with Gasteiger partial charge in [-0.3, -0.25) is 9.67 Å². The summed E-state index contributed by atoms with van der Waals surface area (Å²) in [6.07, 6.45) is -1.90. The van der Waals surface area contributed by atoms with Crippen LogP contribution in [-0.2, 0) is 11.8 Å². The van der Waals surface area contributed by atoms with E-state index in [-0.39, 0.29) is 5.56 Å². The largest absolute Gasteiger partial charge is 0.418 e. The summed E-state index contributed by atoms with van der Waals surface area (Å²) in [6.45, 7) is 0. The van der Waals surface area contributed by atoms with Gasteiger partial charge in [-0.1, -0.05) is 6.07 Å². The molecular weight excluding hydrogens is 259 g/mol. The molecule has 2 rings (SSSR count). The Morgan fingerprint density at radius 3 is 2.42 bits per heavy atom. The van der Waals surface area contributed by atoms with Gasteiger partial charge >= 0.3 is 6.18 Å². The molecule has 0 bridgehead atoms. The molecule has 0 aromatic carbocycles. The molecule has 0 aliphatic heterocycles. The highest BCUT2D eigenvalue weighted by atomic mass is 19.4. The monoisotopic (exact) mass is 271 g/mol. The molecule has 1 unspecified atom stereocenters. The normalized spacial score (nSPS) is 13.5. The van der Waals surface area contributed by atoms with Crippen molar-refractivity contribution in [1.29, 1.82) is 0 Å². The molecule has 0 amide bonds. The molecule has 2 aromatic heterocycles. The Morgan fingerprint density at radius 1 is 1.26 bits per heavy atom. The average Bonchev–Trinajstić information content (AvgIpc) is 2.76. The van der Waals surface area contributed by atoms with E-state index in [0.717, 1.165) is 12.7 Å². The third-order valence-corrected chi connectivity index (χ3v) is 2.62. The zero-order chi connectivity index (χ0) is 14.0. The molecule has 2 aromatic rings. The van der Waals surface area contributed by atoms with Crippen molar-refractivity contribution in [3.8, 4) is 11.3 Å². The highest BCUT2D eigenvalue weighted by Gasteiger charge is 2.41. The highest BCUT2D eigenvalue weighted by Crippen LogP contribution is 2.35. The first-order chi connectivity index (χ1) is 8.91. The third-order valence-electron chi connectivity index (χ3n) is 2.62. The maximum Gasteiger partial charge on any atom is 0.418 e. The van der Waals surface area contributed by atoms with E-state index in [4.69, 9.17) is 0 Å². The number of aryl methyl sites for hydroxylation is 1. The summed E-state index contributed by atoms with van der Waals surface area (Å²) >= 11 is 0. The van der Waals surface area contributed by atoms with Crippen LogP contribution in [0.15, 0.2) is 30.7 Å². The number of pyridine rings is 1. The second kappa shape index (κ2) is 5.00. The highest BCUT2D eigenvalue weighted by molar-refractivity contribution is 5.56. The fourth-order valence-corrected chi connectivity index (χ4v) is 1.74. The number of ether oxygens (including phenoxy) is 1. The minimum Gasteiger partial charge on any atom is -0.367 e. The fourth-order valence-electron chi connectivity index (χ4n) is 1.74. The lowest BCUT2D eigenvalue weighted by atomic mass is 10.1. The van der Waals surface area contributed by atoms with E-state index >= 15 is 0 Å². The first-order valence-electron chi connectivity index (χ1n) is 5.46. The summed E-state index contributed by atoms with van der Waals surface area (Å²) < 4.78 is 44.1. The molecule has 2 heterocycles. The van der Waals surface area contributed by atoms with E-state index < -0.39 is 12.3 Å². The lowest BCUT2D eigenvalue weighted by Gasteiger charge is -2.18. The zero-order valence-electron chi connectivity index (χ0n) is 10.3. The predicted molar refractivity (Wildman–Crippen MR) is 62.2 cm³/mol. The summed E-state index contributed by atoms with van der Waals surface area (Å²) in [4.78, 5) is 4.01. The van der Waals surface area contributed by atoms with Gasteiger partial charge < -0.3 is 4.74 Å². The van der Waals surface area contributed by atoms with E-state index in [2.05, 4.69) is 14.8 Å². The number of alkyl halides is 3. The second-order valence-corrected chi connectivity index (χ2v) is 4.04. The summed E-state index contributed by atoms with van der Waals surface area (Å²) in [5.74, 6) is 0. The SMILES string of the molecule is COC(c1ccc(-c2cnn(C)c2)nc1)C(F)(F)F. The number of methoxy groups -OCH3 is 1. The minimum atomic E-state index is -4.45. The number of hydrogen-bond acceptors (Lipinski definition) is 3. The van der Waals surface area contributed by atoms with E-state index in [0.29, 0.717) is 5.69 Å². The fraction of sp³-hybridized carbons (Fsp3) is 0.333. The van der Waals surface area contributed by atoms with Crippen molar-refractivity contribution in [3.63, 3.8) is 0 Å². The Hall–Kier alpha value is -1.89. The zero-order valence-corrected chi connectivity index (χ0v) is 10.3. The van der Waals surface area contributed by atoms with Crippen LogP contribution in [0.25, 0.3) is 11.3 Å². The van der Waals surface area contributed by atoms with Crippen LogP contribution in [0.3, 0.4) is 0 Å². The van der Waals surface area contributed by atoms with Crippen molar-refractivity contribution in [2.24, 2.45) is 7.05 Å². The first kappa shape index (κ1) is 13.5. The van der Waals surface area contributed by atoms with Crippen LogP contribution in [0.4, 0.5) is 13.2 Å². The van der Waals surface area contributed by atoms with Gasteiger partial charge in [-0.2, -0.15) is 18.3 Å². The Bertz CT molecular complexity index is 548. The molecule has 0 radical (unpaired) electrons. The lowest BCUT2D eigenvalue weighted by Crippen LogP contribution is -2.22. The van der Waals surface area contributed by atoms with Crippen molar-refractivity contribution in [3.05, 3.63) is 36.3 Å². The van der Waals surface area contributed by atoms with Gasteiger partial charge in [-0.25, -0.2) is 0 Å². The molecule has 19 heavy (non-hydrogen) atoms. The van der Waals surface area contributed by atoms with Gasteiger partial charge in [0.15, 0.2) is 6.10 Å². The van der Waals surface area contributed by atoms with Crippen LogP contribution in [-0.4, -0.2) is 28.1 Å². The predicted octanol–water partition coefficient (Wildman–Crippen LogP) is 2.73. The quantitative estimate of drug-likeness (QED) is 0.861. The molecule has 0 aliphatic rings. The second-order valence-electron chi connectivity index (χ2n) is 4.04. The van der Waals surface area contributed by atoms with Crippen LogP contribution in [0, 0.1) is 0 Å². The van der Waals surface area contributed by atoms with Crippen LogP contribution >= 0.6 is 0 Å². The van der Waals surface area contributed by atoms with Crippen LogP contribution in [0.2, 0.25) is 0 Å². The molecule has 0 N–H and O–H groups in total. The van der Waals surface area contributed by atoms with Crippen LogP contribution in [0.1, 0.15) is 11.7 Å². The van der Waals surface area contributed by atoms with E-state index in [1.165, 1.54) is 18.3 Å². The van der Waals surface area contributed by atoms with Gasteiger partial charge in [0, 0.05) is 37.7 Å². The molecule has 4 nitrogen and oxygen atoms in total. The average molecular weight is 271 g/mol. The van der Waals surface area contributed by atoms with Gasteiger partial charge in [0.25, 0.3) is 0 Å². The number of rotatable bonds is 3. The van der Waals surface area contributed by atoms with E-state index in [9.17, 15) is 13.2 Å². The number of nitrogens with zero attached hydrogens (tertiary/aromatic N) is 3. The molecular formula is C12H12F3N3O. The molecule has 0 saturated carbocycles. The number of halogens is 3. The molecule has 7 heteroatoms. The van der Waals surface area contributed by atoms with Crippen molar-refractivity contribution >= 4 is 0 Å². The number of aromatic nitrogens is 3. The van der Waals surface area contributed by atoms with Crippen molar-refractivity contribution < 1.29 is 17.9 Å². The van der Waals surface area contributed by atoms with Crippen LogP contribution in [0.5, 0.6) is 0 Å². The van der Waals surface area contributed by atoms with Gasteiger partial charge in [-0.05, 0) is 6.07 Å². The standard InChI is InChI=1S/C12H12F3N3O/c1-18-7-9(6-17-18)10-4-3-8(5-16-10)11(19-2)12(13,14)15/h3-7,11H,1-2H3. The van der Waals surface area contributed by atoms with Gasteiger partial charge in [0.2, 0.25) is 0 Å². The number of hydrogen-bond donors (Lipinski definition) is 0. The summed E-state index contributed by atoms with van der Waals surface area (Å²) in [7, 11) is 2.77. The Labute approximate surface area is 107 Å².